The molecule has 28 heavy (non-hydrogen) atoms. The lowest BCUT2D eigenvalue weighted by Gasteiger charge is -2.38. The van der Waals surface area contributed by atoms with Gasteiger partial charge < -0.3 is 15.0 Å². The Balaban J connectivity index is 1.32. The summed E-state index contributed by atoms with van der Waals surface area (Å²) in [5.74, 6) is 1.35. The summed E-state index contributed by atoms with van der Waals surface area (Å²) in [6.07, 6.45) is 6.60. The van der Waals surface area contributed by atoms with Gasteiger partial charge in [0.25, 0.3) is 5.91 Å². The number of nitrogens with zero attached hydrogens (tertiary/aromatic N) is 2. The first-order valence-corrected chi connectivity index (χ1v) is 10.7. The summed E-state index contributed by atoms with van der Waals surface area (Å²) in [4.78, 5) is 27.5. The van der Waals surface area contributed by atoms with Crippen molar-refractivity contribution in [1.29, 1.82) is 0 Å². The molecule has 0 aromatic carbocycles. The van der Waals surface area contributed by atoms with Crippen molar-refractivity contribution in [3.05, 3.63) is 17.5 Å². The van der Waals surface area contributed by atoms with E-state index >= 15 is 0 Å². The Labute approximate surface area is 166 Å². The van der Waals surface area contributed by atoms with Gasteiger partial charge in [-0.15, -0.1) is 0 Å². The second kappa shape index (κ2) is 8.23. The fourth-order valence-electron chi connectivity index (χ4n) is 4.56. The lowest BCUT2D eigenvalue weighted by Crippen LogP contribution is -2.51. The molecular weight excluding hydrogens is 356 g/mol. The Morgan fingerprint density at radius 1 is 1.18 bits per heavy atom. The van der Waals surface area contributed by atoms with Crippen molar-refractivity contribution in [2.45, 2.75) is 69.9 Å². The highest BCUT2D eigenvalue weighted by atomic mass is 16.5. The lowest BCUT2D eigenvalue weighted by molar-refractivity contribution is -0.140. The maximum Gasteiger partial charge on any atom is 0.272 e. The topological polar surface area (TPSA) is 87.3 Å². The molecule has 1 aromatic heterocycles. The summed E-state index contributed by atoms with van der Waals surface area (Å²) in [6, 6.07) is 1.78. The number of likely N-dealkylation sites (tertiary alicyclic amines) is 1. The number of piperidine rings is 1. The van der Waals surface area contributed by atoms with Crippen LogP contribution in [0.5, 0.6) is 0 Å². The molecule has 3 atom stereocenters. The van der Waals surface area contributed by atoms with Crippen molar-refractivity contribution in [3.8, 4) is 0 Å². The number of aromatic nitrogens is 2. The molecule has 3 fully saturated rings. The van der Waals surface area contributed by atoms with Crippen LogP contribution >= 0.6 is 0 Å². The van der Waals surface area contributed by atoms with Crippen molar-refractivity contribution < 1.29 is 14.3 Å². The van der Waals surface area contributed by atoms with Gasteiger partial charge in [-0.25, -0.2) is 0 Å². The second-order valence-electron chi connectivity index (χ2n) is 8.85. The van der Waals surface area contributed by atoms with Crippen LogP contribution in [0.25, 0.3) is 0 Å². The number of ether oxygens (including phenoxy) is 1. The van der Waals surface area contributed by atoms with Crippen molar-refractivity contribution in [3.63, 3.8) is 0 Å². The van der Waals surface area contributed by atoms with Crippen LogP contribution in [0.2, 0.25) is 0 Å². The molecule has 2 saturated carbocycles. The Hall–Kier alpha value is -1.89. The minimum absolute atomic E-state index is 0.00152. The number of carbonyl (C=O) groups excluding carboxylic acids is 2. The smallest absolute Gasteiger partial charge is 0.272 e. The molecule has 2 heterocycles. The molecule has 1 aliphatic heterocycles. The molecule has 4 rings (SSSR count). The summed E-state index contributed by atoms with van der Waals surface area (Å²) in [5.41, 5.74) is 1.50. The van der Waals surface area contributed by atoms with Gasteiger partial charge in [-0.05, 0) is 56.9 Å². The first-order valence-electron chi connectivity index (χ1n) is 10.7. The highest BCUT2D eigenvalue weighted by Gasteiger charge is 2.37. The predicted molar refractivity (Wildman–Crippen MR) is 105 cm³/mol. The van der Waals surface area contributed by atoms with Crippen LogP contribution in [0.4, 0.5) is 0 Å². The minimum atomic E-state index is -0.162. The van der Waals surface area contributed by atoms with Crippen molar-refractivity contribution in [2.24, 2.45) is 11.8 Å². The highest BCUT2D eigenvalue weighted by molar-refractivity contribution is 5.92. The third kappa shape index (κ3) is 4.24. The molecule has 154 valence electrons. The SMILES string of the molecule is CO[C@H]1C[C@@H](C(=O)N2CCC(C)CC2)CC[C@@H]1NC(=O)c1cc(C2CC2)[nH]n1. The van der Waals surface area contributed by atoms with Crippen molar-refractivity contribution in [1.82, 2.24) is 20.4 Å². The van der Waals surface area contributed by atoms with E-state index in [4.69, 9.17) is 4.74 Å². The van der Waals surface area contributed by atoms with E-state index in [2.05, 4.69) is 22.4 Å². The third-order valence-electron chi connectivity index (χ3n) is 6.70. The number of nitrogens with one attached hydrogen (secondary N) is 2. The van der Waals surface area contributed by atoms with E-state index in [9.17, 15) is 9.59 Å². The summed E-state index contributed by atoms with van der Waals surface area (Å²) in [5, 5.41) is 10.2. The molecule has 2 aliphatic carbocycles. The first kappa shape index (κ1) is 19.4. The van der Waals surface area contributed by atoms with Gasteiger partial charge >= 0.3 is 0 Å². The van der Waals surface area contributed by atoms with Crippen LogP contribution in [0, 0.1) is 11.8 Å². The van der Waals surface area contributed by atoms with E-state index in [-0.39, 0.29) is 29.9 Å². The van der Waals surface area contributed by atoms with E-state index in [0.29, 0.717) is 24.0 Å². The summed E-state index contributed by atoms with van der Waals surface area (Å²) in [6.45, 7) is 4.00. The van der Waals surface area contributed by atoms with Gasteiger partial charge in [-0.3, -0.25) is 14.7 Å². The monoisotopic (exact) mass is 388 g/mol. The number of H-pyrrole nitrogens is 1. The highest BCUT2D eigenvalue weighted by Crippen LogP contribution is 2.39. The Kier molecular flexibility index (Phi) is 5.71. The van der Waals surface area contributed by atoms with Crippen LogP contribution in [0.15, 0.2) is 6.07 Å². The molecule has 2 N–H and O–H groups in total. The van der Waals surface area contributed by atoms with Crippen molar-refractivity contribution >= 4 is 11.8 Å². The van der Waals surface area contributed by atoms with Gasteiger partial charge in [0.05, 0.1) is 12.1 Å². The molecule has 0 bridgehead atoms. The Morgan fingerprint density at radius 2 is 1.93 bits per heavy atom. The fourth-order valence-corrected chi connectivity index (χ4v) is 4.56. The van der Waals surface area contributed by atoms with E-state index in [0.717, 1.165) is 44.5 Å². The molecule has 7 nitrogen and oxygen atoms in total. The Bertz CT molecular complexity index is 706. The number of carbonyl (C=O) groups is 2. The largest absolute Gasteiger partial charge is 0.379 e. The maximum atomic E-state index is 12.9. The Morgan fingerprint density at radius 3 is 2.61 bits per heavy atom. The second-order valence-corrected chi connectivity index (χ2v) is 8.85. The van der Waals surface area contributed by atoms with Gasteiger partial charge in [0.1, 0.15) is 5.69 Å². The van der Waals surface area contributed by atoms with Crippen LogP contribution < -0.4 is 5.32 Å². The van der Waals surface area contributed by atoms with E-state index in [1.54, 1.807) is 7.11 Å². The molecule has 0 radical (unpaired) electrons. The minimum Gasteiger partial charge on any atom is -0.379 e. The maximum absolute atomic E-state index is 12.9. The average Bonchev–Trinajstić information content (AvgIpc) is 3.44. The predicted octanol–water partition coefficient (Wildman–Crippen LogP) is 2.46. The quantitative estimate of drug-likeness (QED) is 0.811. The normalized spacial score (nSPS) is 28.9. The number of methoxy groups -OCH3 is 1. The first-order chi connectivity index (χ1) is 13.5. The van der Waals surface area contributed by atoms with Crippen LogP contribution in [0.3, 0.4) is 0 Å². The van der Waals surface area contributed by atoms with E-state index in [1.165, 1.54) is 12.8 Å². The molecule has 7 heteroatoms. The van der Waals surface area contributed by atoms with Crippen LogP contribution in [-0.4, -0.2) is 59.3 Å². The molecule has 1 aromatic rings. The van der Waals surface area contributed by atoms with Gasteiger partial charge in [0, 0.05) is 37.7 Å². The summed E-state index contributed by atoms with van der Waals surface area (Å²) < 4.78 is 5.67. The molecule has 0 unspecified atom stereocenters. The molecule has 1 saturated heterocycles. The van der Waals surface area contributed by atoms with Crippen molar-refractivity contribution in [2.75, 3.05) is 20.2 Å². The van der Waals surface area contributed by atoms with Gasteiger partial charge in [0.2, 0.25) is 5.91 Å². The van der Waals surface area contributed by atoms with Gasteiger partial charge in [-0.1, -0.05) is 6.92 Å². The molecule has 2 amide bonds. The van der Waals surface area contributed by atoms with E-state index in [1.807, 2.05) is 11.0 Å². The lowest BCUT2D eigenvalue weighted by atomic mass is 9.82. The third-order valence-corrected chi connectivity index (χ3v) is 6.70. The molecule has 3 aliphatic rings. The summed E-state index contributed by atoms with van der Waals surface area (Å²) >= 11 is 0. The number of rotatable bonds is 5. The zero-order valence-electron chi connectivity index (χ0n) is 16.9. The van der Waals surface area contributed by atoms with Gasteiger partial charge in [0.15, 0.2) is 0 Å². The van der Waals surface area contributed by atoms with E-state index < -0.39 is 0 Å². The van der Waals surface area contributed by atoms with Gasteiger partial charge in [-0.2, -0.15) is 5.10 Å². The number of amides is 2. The standard InChI is InChI=1S/C21H32N4O3/c1-13-7-9-25(10-8-13)21(27)15-5-6-16(19(11-15)28-2)22-20(26)18-12-17(23-24-18)14-3-4-14/h12-16,19H,3-11H2,1-2H3,(H,22,26)(H,23,24)/t15-,16-,19-/m0/s1. The average molecular weight is 389 g/mol. The fraction of sp³-hybridized carbons (Fsp3) is 0.762. The molecule has 0 spiro atoms. The molecular formula is C21H32N4O3. The zero-order chi connectivity index (χ0) is 19.7. The zero-order valence-corrected chi connectivity index (χ0v) is 16.9. The number of aromatic amines is 1. The van der Waals surface area contributed by atoms with Crippen LogP contribution in [-0.2, 0) is 9.53 Å². The van der Waals surface area contributed by atoms with Crippen LogP contribution in [0.1, 0.15) is 74.0 Å². The summed E-state index contributed by atoms with van der Waals surface area (Å²) in [7, 11) is 1.67. The number of hydrogen-bond donors (Lipinski definition) is 2. The number of hydrogen-bond acceptors (Lipinski definition) is 4.